The van der Waals surface area contributed by atoms with Crippen molar-refractivity contribution in [1.82, 2.24) is 15.1 Å². The van der Waals surface area contributed by atoms with Crippen molar-refractivity contribution in [1.29, 1.82) is 0 Å². The Morgan fingerprint density at radius 1 is 1.33 bits per heavy atom. The number of hydrogen-bond donors (Lipinski definition) is 2. The van der Waals surface area contributed by atoms with Gasteiger partial charge in [-0.05, 0) is 19.1 Å². The van der Waals surface area contributed by atoms with Crippen LogP contribution in [0, 0.1) is 12.3 Å². The predicted octanol–water partition coefficient (Wildman–Crippen LogP) is 1.28. The van der Waals surface area contributed by atoms with Crippen molar-refractivity contribution in [2.75, 3.05) is 26.4 Å². The Morgan fingerprint density at radius 2 is 2.10 bits per heavy atom. The molecule has 1 fully saturated rings. The molecule has 0 aliphatic carbocycles. The van der Waals surface area contributed by atoms with Gasteiger partial charge >= 0.3 is 0 Å². The van der Waals surface area contributed by atoms with Crippen LogP contribution in [0.1, 0.15) is 11.3 Å². The quantitative estimate of drug-likeness (QED) is 0.840. The summed E-state index contributed by atoms with van der Waals surface area (Å²) in [7, 11) is 0. The number of benzene rings is 1. The fraction of sp³-hybridized carbons (Fsp3) is 0.438. The van der Waals surface area contributed by atoms with Crippen molar-refractivity contribution in [3.8, 4) is 5.69 Å². The summed E-state index contributed by atoms with van der Waals surface area (Å²) >= 11 is 0. The van der Waals surface area contributed by atoms with Gasteiger partial charge in [0, 0.05) is 24.8 Å². The smallest absolute Gasteiger partial charge is 0.0645 e. The van der Waals surface area contributed by atoms with E-state index < -0.39 is 0 Å². The van der Waals surface area contributed by atoms with Gasteiger partial charge in [0.1, 0.15) is 0 Å². The number of aliphatic hydroxyl groups is 1. The number of aliphatic hydroxyl groups excluding tert-OH is 1. The first-order chi connectivity index (χ1) is 10.2. The summed E-state index contributed by atoms with van der Waals surface area (Å²) in [5, 5.41) is 17.4. The van der Waals surface area contributed by atoms with Gasteiger partial charge in [0.25, 0.3) is 0 Å². The molecule has 1 aromatic heterocycles. The summed E-state index contributed by atoms with van der Waals surface area (Å²) in [6, 6.07) is 10.1. The maximum Gasteiger partial charge on any atom is 0.0645 e. The molecule has 2 heterocycles. The third-order valence-corrected chi connectivity index (χ3v) is 3.99. The molecule has 0 spiro atoms. The van der Waals surface area contributed by atoms with Crippen LogP contribution in [-0.4, -0.2) is 41.3 Å². The Bertz CT molecular complexity index is 585. The van der Waals surface area contributed by atoms with Crippen LogP contribution in [0.5, 0.6) is 0 Å². The van der Waals surface area contributed by atoms with Crippen LogP contribution >= 0.6 is 0 Å². The monoisotopic (exact) mass is 287 g/mol. The van der Waals surface area contributed by atoms with Crippen LogP contribution in [0.4, 0.5) is 0 Å². The van der Waals surface area contributed by atoms with Gasteiger partial charge in [-0.15, -0.1) is 0 Å². The second-order valence-electron chi connectivity index (χ2n) is 5.77. The number of aromatic nitrogens is 2. The maximum absolute atomic E-state index is 9.40. The minimum Gasteiger partial charge on any atom is -0.396 e. The molecule has 5 heteroatoms. The van der Waals surface area contributed by atoms with E-state index in [9.17, 15) is 5.11 Å². The van der Waals surface area contributed by atoms with Crippen molar-refractivity contribution in [2.45, 2.75) is 13.5 Å². The summed E-state index contributed by atoms with van der Waals surface area (Å²) in [5.41, 5.74) is 3.16. The van der Waals surface area contributed by atoms with E-state index in [2.05, 4.69) is 16.6 Å². The number of nitrogens with one attached hydrogen (secondary N) is 1. The lowest BCUT2D eigenvalue weighted by Crippen LogP contribution is -2.52. The maximum atomic E-state index is 9.40. The summed E-state index contributed by atoms with van der Waals surface area (Å²) in [4.78, 5) is 0. The highest BCUT2D eigenvalue weighted by atomic mass is 16.5. The first-order valence-electron chi connectivity index (χ1n) is 7.22. The lowest BCUT2D eigenvalue weighted by atomic mass is 9.87. The summed E-state index contributed by atoms with van der Waals surface area (Å²) < 4.78 is 7.10. The largest absolute Gasteiger partial charge is 0.396 e. The third-order valence-electron chi connectivity index (χ3n) is 3.99. The second kappa shape index (κ2) is 5.97. The van der Waals surface area contributed by atoms with Gasteiger partial charge in [-0.2, -0.15) is 5.10 Å². The van der Waals surface area contributed by atoms with Crippen molar-refractivity contribution in [3.05, 3.63) is 47.8 Å². The number of para-hydroxylation sites is 1. The minimum absolute atomic E-state index is 0.0939. The Kier molecular flexibility index (Phi) is 4.05. The molecule has 2 N–H and O–H groups in total. The zero-order chi connectivity index (χ0) is 14.7. The standard InChI is InChI=1S/C16H21N3O2/c1-13-14(7-17-9-16(10-20)11-21-12-16)8-19(18-13)15-5-3-2-4-6-15/h2-6,8,17,20H,7,9-12H2,1H3. The molecular formula is C16H21N3O2. The summed E-state index contributed by atoms with van der Waals surface area (Å²) in [5.74, 6) is 0. The Balaban J connectivity index is 1.62. The van der Waals surface area contributed by atoms with Crippen molar-refractivity contribution < 1.29 is 9.84 Å². The molecule has 0 radical (unpaired) electrons. The average Bonchev–Trinajstić information content (AvgIpc) is 2.84. The highest BCUT2D eigenvalue weighted by Crippen LogP contribution is 2.25. The SMILES string of the molecule is Cc1nn(-c2ccccc2)cc1CNCC1(CO)COC1. The van der Waals surface area contributed by atoms with Gasteiger partial charge in [-0.3, -0.25) is 0 Å². The molecule has 0 unspecified atom stereocenters. The normalized spacial score (nSPS) is 16.7. The van der Waals surface area contributed by atoms with Crippen molar-refractivity contribution in [3.63, 3.8) is 0 Å². The number of aryl methyl sites for hydroxylation is 1. The first kappa shape index (κ1) is 14.3. The molecule has 0 bridgehead atoms. The molecule has 1 aliphatic heterocycles. The van der Waals surface area contributed by atoms with Gasteiger partial charge in [0.15, 0.2) is 0 Å². The molecule has 0 amide bonds. The fourth-order valence-corrected chi connectivity index (χ4v) is 2.48. The average molecular weight is 287 g/mol. The summed E-state index contributed by atoms with van der Waals surface area (Å²) in [6.07, 6.45) is 2.06. The van der Waals surface area contributed by atoms with E-state index in [0.29, 0.717) is 13.2 Å². The first-order valence-corrected chi connectivity index (χ1v) is 7.22. The summed E-state index contributed by atoms with van der Waals surface area (Å²) in [6.45, 7) is 4.98. The van der Waals surface area contributed by atoms with Gasteiger partial charge in [-0.1, -0.05) is 18.2 Å². The van der Waals surface area contributed by atoms with Crippen LogP contribution in [0.2, 0.25) is 0 Å². The van der Waals surface area contributed by atoms with Crippen molar-refractivity contribution in [2.24, 2.45) is 5.41 Å². The lowest BCUT2D eigenvalue weighted by molar-refractivity contribution is -0.134. The number of nitrogens with zero attached hydrogens (tertiary/aromatic N) is 2. The molecular weight excluding hydrogens is 266 g/mol. The topological polar surface area (TPSA) is 59.3 Å². The Labute approximate surface area is 124 Å². The van der Waals surface area contributed by atoms with Crippen LogP contribution in [0.25, 0.3) is 5.69 Å². The third kappa shape index (κ3) is 3.00. The number of rotatable bonds is 6. The molecule has 3 rings (SSSR count). The molecule has 0 saturated carbocycles. The van der Waals surface area contributed by atoms with Gasteiger partial charge in [0.05, 0.1) is 36.6 Å². The predicted molar refractivity (Wildman–Crippen MR) is 80.3 cm³/mol. The van der Waals surface area contributed by atoms with Crippen LogP contribution in [0.3, 0.4) is 0 Å². The minimum atomic E-state index is -0.0939. The van der Waals surface area contributed by atoms with Gasteiger partial charge in [0.2, 0.25) is 0 Å². The fourth-order valence-electron chi connectivity index (χ4n) is 2.48. The Hall–Kier alpha value is -1.69. The highest BCUT2D eigenvalue weighted by Gasteiger charge is 2.37. The molecule has 1 aliphatic rings. The van der Waals surface area contributed by atoms with Gasteiger partial charge < -0.3 is 15.2 Å². The lowest BCUT2D eigenvalue weighted by Gasteiger charge is -2.40. The highest BCUT2D eigenvalue weighted by molar-refractivity contribution is 5.32. The van der Waals surface area contributed by atoms with E-state index in [0.717, 1.165) is 24.5 Å². The van der Waals surface area contributed by atoms with E-state index in [1.807, 2.05) is 41.9 Å². The van der Waals surface area contributed by atoms with E-state index in [-0.39, 0.29) is 12.0 Å². The number of ether oxygens (including phenoxy) is 1. The molecule has 21 heavy (non-hydrogen) atoms. The van der Waals surface area contributed by atoms with Crippen LogP contribution in [0.15, 0.2) is 36.5 Å². The van der Waals surface area contributed by atoms with E-state index >= 15 is 0 Å². The molecule has 1 saturated heterocycles. The molecule has 1 aromatic carbocycles. The Morgan fingerprint density at radius 3 is 2.71 bits per heavy atom. The number of hydrogen-bond acceptors (Lipinski definition) is 4. The van der Waals surface area contributed by atoms with Crippen molar-refractivity contribution >= 4 is 0 Å². The molecule has 112 valence electrons. The molecule has 5 nitrogen and oxygen atoms in total. The second-order valence-corrected chi connectivity index (χ2v) is 5.77. The van der Waals surface area contributed by atoms with Gasteiger partial charge in [-0.25, -0.2) is 4.68 Å². The zero-order valence-electron chi connectivity index (χ0n) is 12.2. The molecule has 2 aromatic rings. The van der Waals surface area contributed by atoms with E-state index in [4.69, 9.17) is 4.74 Å². The van der Waals surface area contributed by atoms with E-state index in [1.54, 1.807) is 0 Å². The molecule has 0 atom stereocenters. The zero-order valence-corrected chi connectivity index (χ0v) is 12.2. The van der Waals surface area contributed by atoms with Crippen LogP contribution in [-0.2, 0) is 11.3 Å². The van der Waals surface area contributed by atoms with E-state index in [1.165, 1.54) is 5.56 Å². The van der Waals surface area contributed by atoms with Crippen LogP contribution < -0.4 is 5.32 Å².